The average Bonchev–Trinajstić information content (AvgIpc) is 2.42. The number of hydrogen-bond acceptors (Lipinski definition) is 3. The van der Waals surface area contributed by atoms with Crippen molar-refractivity contribution in [2.45, 2.75) is 19.9 Å². The molecule has 1 atom stereocenters. The number of rotatable bonds is 4. The molecule has 22 heavy (non-hydrogen) atoms. The van der Waals surface area contributed by atoms with E-state index in [1.54, 1.807) is 42.4 Å². The molecule has 1 aromatic rings. The lowest BCUT2D eigenvalue weighted by Crippen LogP contribution is -2.40. The zero-order valence-electron chi connectivity index (χ0n) is 12.4. The van der Waals surface area contributed by atoms with Gasteiger partial charge >= 0.3 is 0 Å². The molecule has 1 unspecified atom stereocenters. The molecule has 2 rings (SSSR count). The lowest BCUT2D eigenvalue weighted by atomic mass is 9.92. The molecule has 0 aliphatic heterocycles. The summed E-state index contributed by atoms with van der Waals surface area (Å²) in [5.74, 6) is 0.0736. The van der Waals surface area contributed by atoms with Gasteiger partial charge in [0, 0.05) is 41.2 Å². The van der Waals surface area contributed by atoms with Crippen LogP contribution in [0.25, 0.3) is 0 Å². The summed E-state index contributed by atoms with van der Waals surface area (Å²) in [6.45, 7) is 2.30. The number of nitrogens with one attached hydrogen (secondary N) is 1. The molecular weight excluding hydrogens is 323 g/mol. The average molecular weight is 341 g/mol. The summed E-state index contributed by atoms with van der Waals surface area (Å²) < 4.78 is 0. The van der Waals surface area contributed by atoms with Gasteiger partial charge in [-0.15, -0.1) is 0 Å². The smallest absolute Gasteiger partial charge is 0.261 e. The Balaban J connectivity index is 2.03. The predicted octanol–water partition coefficient (Wildman–Crippen LogP) is 3.86. The first-order valence-corrected chi connectivity index (χ1v) is 7.68. The maximum Gasteiger partial charge on any atom is 0.261 e. The van der Waals surface area contributed by atoms with Crippen LogP contribution in [0.2, 0.25) is 10.0 Å². The normalized spacial score (nSPS) is 18.0. The summed E-state index contributed by atoms with van der Waals surface area (Å²) in [5, 5.41) is 12.2. The summed E-state index contributed by atoms with van der Waals surface area (Å²) in [4.78, 5) is 12.3. The number of aliphatic hydroxyl groups excluding tert-OH is 1. The van der Waals surface area contributed by atoms with Crippen molar-refractivity contribution < 1.29 is 9.90 Å². The largest absolute Gasteiger partial charge is 0.512 e. The third-order valence-electron chi connectivity index (χ3n) is 3.51. The minimum Gasteiger partial charge on any atom is -0.512 e. The van der Waals surface area contributed by atoms with Gasteiger partial charge in [-0.25, -0.2) is 5.01 Å². The number of nitrogens with zero attached hydrogens (tertiary/aromatic N) is 1. The molecule has 1 aliphatic rings. The fraction of sp³-hybridized carbons (Fsp3) is 0.312. The van der Waals surface area contributed by atoms with E-state index in [2.05, 4.69) is 5.43 Å². The molecular formula is C16H18Cl2N2O2. The second-order valence-electron chi connectivity index (χ2n) is 5.38. The molecule has 0 spiro atoms. The summed E-state index contributed by atoms with van der Waals surface area (Å²) in [7, 11) is 1.75. The Hall–Kier alpha value is -1.49. The number of carbonyl (C=O) groups is 1. The predicted molar refractivity (Wildman–Crippen MR) is 88.6 cm³/mol. The van der Waals surface area contributed by atoms with Crippen LogP contribution < -0.4 is 5.43 Å². The van der Waals surface area contributed by atoms with Gasteiger partial charge in [0.15, 0.2) is 0 Å². The summed E-state index contributed by atoms with van der Waals surface area (Å²) in [6, 6.07) is 5.30. The quantitative estimate of drug-likeness (QED) is 0.818. The van der Waals surface area contributed by atoms with Crippen LogP contribution in [0.5, 0.6) is 0 Å². The van der Waals surface area contributed by atoms with E-state index in [1.165, 1.54) is 0 Å². The SMILES string of the molecule is CC1CC(O)=CC=C1C(=O)NN(C)Cc1c(Cl)cccc1Cl. The Morgan fingerprint density at radius 1 is 1.36 bits per heavy atom. The van der Waals surface area contributed by atoms with Crippen molar-refractivity contribution in [3.05, 3.63) is 57.3 Å². The van der Waals surface area contributed by atoms with Crippen molar-refractivity contribution in [3.8, 4) is 0 Å². The molecule has 0 heterocycles. The Kier molecular flexibility index (Phi) is 5.51. The van der Waals surface area contributed by atoms with E-state index in [0.717, 1.165) is 5.56 Å². The van der Waals surface area contributed by atoms with E-state index in [4.69, 9.17) is 23.2 Å². The highest BCUT2D eigenvalue weighted by Crippen LogP contribution is 2.26. The maximum absolute atomic E-state index is 12.3. The zero-order valence-corrected chi connectivity index (χ0v) is 13.9. The summed E-state index contributed by atoms with van der Waals surface area (Å²) >= 11 is 12.3. The van der Waals surface area contributed by atoms with Gasteiger partial charge in [-0.3, -0.25) is 10.2 Å². The molecule has 2 N–H and O–H groups in total. The van der Waals surface area contributed by atoms with E-state index in [1.807, 2.05) is 6.92 Å². The molecule has 0 saturated carbocycles. The highest BCUT2D eigenvalue weighted by Gasteiger charge is 2.21. The van der Waals surface area contributed by atoms with Crippen molar-refractivity contribution >= 4 is 29.1 Å². The Bertz CT molecular complexity index is 621. The lowest BCUT2D eigenvalue weighted by molar-refractivity contribution is -0.122. The third kappa shape index (κ3) is 4.03. The van der Waals surface area contributed by atoms with Crippen molar-refractivity contribution in [2.75, 3.05) is 7.05 Å². The van der Waals surface area contributed by atoms with Gasteiger partial charge in [-0.05, 0) is 30.2 Å². The van der Waals surface area contributed by atoms with Crippen molar-refractivity contribution in [1.82, 2.24) is 10.4 Å². The van der Waals surface area contributed by atoms with Crippen LogP contribution in [0.1, 0.15) is 18.9 Å². The van der Waals surface area contributed by atoms with Gasteiger partial charge in [-0.2, -0.15) is 0 Å². The van der Waals surface area contributed by atoms with Gasteiger partial charge in [0.05, 0.1) is 5.76 Å². The molecule has 118 valence electrons. The third-order valence-corrected chi connectivity index (χ3v) is 4.22. The van der Waals surface area contributed by atoms with Gasteiger partial charge in [0.25, 0.3) is 5.91 Å². The number of carbonyl (C=O) groups excluding carboxylic acids is 1. The van der Waals surface area contributed by atoms with Gasteiger partial charge in [0.1, 0.15) is 0 Å². The van der Waals surface area contributed by atoms with Crippen molar-refractivity contribution in [1.29, 1.82) is 0 Å². The lowest BCUT2D eigenvalue weighted by Gasteiger charge is -2.23. The Labute approximate surface area is 140 Å². The van der Waals surface area contributed by atoms with Crippen LogP contribution in [0.3, 0.4) is 0 Å². The minimum absolute atomic E-state index is 0.0256. The summed E-state index contributed by atoms with van der Waals surface area (Å²) in [5.41, 5.74) is 4.19. The molecule has 0 bridgehead atoms. The van der Waals surface area contributed by atoms with Crippen LogP contribution in [0, 0.1) is 5.92 Å². The maximum atomic E-state index is 12.3. The zero-order chi connectivity index (χ0) is 16.3. The van der Waals surface area contributed by atoms with Crippen LogP contribution in [0.4, 0.5) is 0 Å². The number of amides is 1. The molecule has 1 amide bonds. The standard InChI is InChI=1S/C16H18Cl2N2O2/c1-10-8-11(21)6-7-12(10)16(22)19-20(2)9-13-14(17)4-3-5-15(13)18/h3-7,10,21H,8-9H2,1-2H3,(H,19,22). The number of allylic oxidation sites excluding steroid dienone is 3. The van der Waals surface area contributed by atoms with E-state index in [0.29, 0.717) is 34.3 Å². The second kappa shape index (κ2) is 7.18. The van der Waals surface area contributed by atoms with Gasteiger partial charge in [0.2, 0.25) is 0 Å². The van der Waals surface area contributed by atoms with Crippen molar-refractivity contribution in [3.63, 3.8) is 0 Å². The van der Waals surface area contributed by atoms with Crippen LogP contribution in [0.15, 0.2) is 41.7 Å². The van der Waals surface area contributed by atoms with Crippen molar-refractivity contribution in [2.24, 2.45) is 5.92 Å². The molecule has 0 saturated heterocycles. The topological polar surface area (TPSA) is 52.6 Å². The first-order chi connectivity index (χ1) is 10.4. The molecule has 0 radical (unpaired) electrons. The molecule has 1 aliphatic carbocycles. The number of aliphatic hydroxyl groups is 1. The number of hydrogen-bond donors (Lipinski definition) is 2. The van der Waals surface area contributed by atoms with Crippen LogP contribution >= 0.6 is 23.2 Å². The minimum atomic E-state index is -0.193. The second-order valence-corrected chi connectivity index (χ2v) is 6.20. The first-order valence-electron chi connectivity index (χ1n) is 6.93. The van der Waals surface area contributed by atoms with E-state index < -0.39 is 0 Å². The fourth-order valence-electron chi connectivity index (χ4n) is 2.34. The first kappa shape index (κ1) is 16.9. The molecule has 6 heteroatoms. The van der Waals surface area contributed by atoms with E-state index in [9.17, 15) is 9.90 Å². The Morgan fingerprint density at radius 3 is 2.59 bits per heavy atom. The van der Waals surface area contributed by atoms with Gasteiger partial charge in [-0.1, -0.05) is 36.2 Å². The fourth-order valence-corrected chi connectivity index (χ4v) is 2.86. The van der Waals surface area contributed by atoms with Crippen LogP contribution in [-0.2, 0) is 11.3 Å². The highest BCUT2D eigenvalue weighted by atomic mass is 35.5. The number of hydrazine groups is 1. The molecule has 0 aromatic heterocycles. The molecule has 1 aromatic carbocycles. The van der Waals surface area contributed by atoms with Gasteiger partial charge < -0.3 is 5.11 Å². The monoisotopic (exact) mass is 340 g/mol. The van der Waals surface area contributed by atoms with E-state index >= 15 is 0 Å². The molecule has 4 nitrogen and oxygen atoms in total. The summed E-state index contributed by atoms with van der Waals surface area (Å²) in [6.07, 6.45) is 3.67. The molecule has 0 fully saturated rings. The number of halogens is 2. The van der Waals surface area contributed by atoms with Crippen LogP contribution in [-0.4, -0.2) is 23.1 Å². The van der Waals surface area contributed by atoms with E-state index in [-0.39, 0.29) is 11.8 Å². The Morgan fingerprint density at radius 2 is 2.00 bits per heavy atom. The number of benzene rings is 1. The highest BCUT2D eigenvalue weighted by molar-refractivity contribution is 6.35.